The Morgan fingerprint density at radius 3 is 2.29 bits per heavy atom. The van der Waals surface area contributed by atoms with Gasteiger partial charge in [-0.25, -0.2) is 4.90 Å². The van der Waals surface area contributed by atoms with Gasteiger partial charge in [0.1, 0.15) is 5.75 Å². The van der Waals surface area contributed by atoms with Gasteiger partial charge in [-0.05, 0) is 61.1 Å². The molecule has 6 atom stereocenters. The highest BCUT2D eigenvalue weighted by molar-refractivity contribution is 6.53. The molecule has 4 amide bonds. The Labute approximate surface area is 233 Å². The van der Waals surface area contributed by atoms with E-state index in [-0.39, 0.29) is 24.5 Å². The third-order valence-electron chi connectivity index (χ3n) is 8.65. The molecule has 0 bridgehead atoms. The number of likely N-dealkylation sites (tertiary alicyclic amines) is 1. The maximum Gasteiger partial charge on any atom is 0.253 e. The van der Waals surface area contributed by atoms with E-state index in [0.29, 0.717) is 21.8 Å². The number of carbonyl (C=O) groups is 4. The van der Waals surface area contributed by atoms with Crippen LogP contribution in [0.3, 0.4) is 0 Å². The van der Waals surface area contributed by atoms with Gasteiger partial charge in [0.25, 0.3) is 11.8 Å². The molecule has 2 saturated heterocycles. The van der Waals surface area contributed by atoms with Crippen molar-refractivity contribution < 1.29 is 24.3 Å². The van der Waals surface area contributed by atoms with E-state index >= 15 is 0 Å². The molecular weight excluding hydrogens is 551 g/mol. The molecule has 6 rings (SSSR count). The molecule has 2 aromatic rings. The molecule has 2 heterocycles. The second-order valence-electron chi connectivity index (χ2n) is 10.5. The average Bonchev–Trinajstić information content (AvgIpc) is 3.21. The number of aromatic hydroxyl groups is 1. The number of allylic oxidation sites excluding steroid dienone is 2. The molecule has 38 heavy (non-hydrogen) atoms. The van der Waals surface area contributed by atoms with Crippen molar-refractivity contribution in [1.29, 1.82) is 0 Å². The predicted octanol–water partition coefficient (Wildman–Crippen LogP) is 4.55. The lowest BCUT2D eigenvalue weighted by Gasteiger charge is -2.50. The number of amides is 4. The molecule has 2 aliphatic carbocycles. The van der Waals surface area contributed by atoms with Crippen molar-refractivity contribution in [2.45, 2.75) is 35.4 Å². The molecule has 0 unspecified atom stereocenters. The molecule has 1 N–H and O–H groups in total. The molecule has 10 heteroatoms. The van der Waals surface area contributed by atoms with Crippen molar-refractivity contribution in [3.05, 3.63) is 70.3 Å². The maximum absolute atomic E-state index is 13.9. The molecule has 2 aliphatic heterocycles. The second-order valence-corrected chi connectivity index (χ2v) is 12.2. The normalized spacial score (nSPS) is 34.3. The molecule has 3 fully saturated rings. The van der Waals surface area contributed by atoms with Crippen LogP contribution in [0.2, 0.25) is 5.02 Å². The van der Waals surface area contributed by atoms with Crippen molar-refractivity contribution in [3.63, 3.8) is 0 Å². The molecular formula is C28H23Cl3N2O5. The van der Waals surface area contributed by atoms with Gasteiger partial charge in [-0.3, -0.25) is 24.1 Å². The lowest BCUT2D eigenvalue weighted by atomic mass is 9.56. The molecule has 0 radical (unpaired) electrons. The third kappa shape index (κ3) is 3.09. The standard InChI is InChI=1S/C28H23Cl3N2O5/c1-13-3-6-15(11-20(13)29)33-23(35)18-10-9-17-19(21(18)24(33)36)12-27(30)25(37)32(2)26(38)28(27,31)22(17)14-4-7-16(34)8-5-14/h3-9,11,18-19,21-22,34H,10,12H2,1-2H3/t18-,19+,21-,22-,27+,28-/m0/s1. The van der Waals surface area contributed by atoms with Crippen molar-refractivity contribution in [2.24, 2.45) is 17.8 Å². The fourth-order valence-electron chi connectivity index (χ4n) is 6.76. The number of nitrogens with zero attached hydrogens (tertiary/aromatic N) is 2. The van der Waals surface area contributed by atoms with Gasteiger partial charge >= 0.3 is 0 Å². The highest BCUT2D eigenvalue weighted by atomic mass is 35.5. The zero-order valence-electron chi connectivity index (χ0n) is 20.5. The Hall–Kier alpha value is -2.87. The summed E-state index contributed by atoms with van der Waals surface area (Å²) in [6, 6.07) is 11.2. The van der Waals surface area contributed by atoms with Crippen LogP contribution >= 0.6 is 34.8 Å². The monoisotopic (exact) mass is 572 g/mol. The Balaban J connectivity index is 1.50. The number of rotatable bonds is 2. The number of carbonyl (C=O) groups excluding carboxylic acids is 4. The van der Waals surface area contributed by atoms with Gasteiger partial charge in [0, 0.05) is 18.0 Å². The van der Waals surface area contributed by atoms with Crippen LogP contribution in [0.5, 0.6) is 5.75 Å². The van der Waals surface area contributed by atoms with Gasteiger partial charge in [0.2, 0.25) is 11.8 Å². The fraction of sp³-hybridized carbons (Fsp3) is 0.357. The number of imide groups is 2. The summed E-state index contributed by atoms with van der Waals surface area (Å²) in [4.78, 5) is 52.9. The number of anilines is 1. The van der Waals surface area contributed by atoms with E-state index in [1.54, 1.807) is 30.3 Å². The first-order chi connectivity index (χ1) is 17.9. The summed E-state index contributed by atoms with van der Waals surface area (Å²) in [5, 5.41) is 10.3. The predicted molar refractivity (Wildman–Crippen MR) is 142 cm³/mol. The minimum atomic E-state index is -1.84. The van der Waals surface area contributed by atoms with Crippen molar-refractivity contribution in [1.82, 2.24) is 4.90 Å². The Morgan fingerprint density at radius 2 is 1.63 bits per heavy atom. The summed E-state index contributed by atoms with van der Waals surface area (Å²) < 4.78 is 0. The van der Waals surface area contributed by atoms with Gasteiger partial charge in [-0.1, -0.05) is 41.4 Å². The first-order valence-electron chi connectivity index (χ1n) is 12.2. The Kier molecular flexibility index (Phi) is 5.56. The number of benzene rings is 2. The fourth-order valence-corrected chi connectivity index (χ4v) is 7.95. The van der Waals surface area contributed by atoms with Crippen LogP contribution in [-0.2, 0) is 19.2 Å². The van der Waals surface area contributed by atoms with E-state index in [1.165, 1.54) is 24.1 Å². The minimum Gasteiger partial charge on any atom is -0.508 e. The lowest BCUT2D eigenvalue weighted by Crippen LogP contribution is -2.60. The largest absolute Gasteiger partial charge is 0.508 e. The highest BCUT2D eigenvalue weighted by Crippen LogP contribution is 2.65. The Bertz CT molecular complexity index is 1470. The number of phenols is 1. The van der Waals surface area contributed by atoms with Gasteiger partial charge < -0.3 is 5.11 Å². The van der Waals surface area contributed by atoms with Crippen molar-refractivity contribution in [2.75, 3.05) is 11.9 Å². The first-order valence-corrected chi connectivity index (χ1v) is 13.4. The zero-order chi connectivity index (χ0) is 27.3. The number of alkyl halides is 2. The molecule has 0 aromatic heterocycles. The summed E-state index contributed by atoms with van der Waals surface area (Å²) in [5.74, 6) is -4.86. The number of hydrogen-bond donors (Lipinski definition) is 1. The van der Waals surface area contributed by atoms with E-state index in [0.717, 1.165) is 10.5 Å². The van der Waals surface area contributed by atoms with E-state index in [1.807, 2.05) is 13.0 Å². The number of phenolic OH excluding ortho intramolecular Hbond substituents is 1. The third-order valence-corrected chi connectivity index (χ3v) is 10.5. The van der Waals surface area contributed by atoms with Crippen LogP contribution in [0.1, 0.15) is 29.9 Å². The van der Waals surface area contributed by atoms with Crippen LogP contribution in [0.25, 0.3) is 0 Å². The molecule has 2 aromatic carbocycles. The summed E-state index contributed by atoms with van der Waals surface area (Å²) in [6.07, 6.45) is 2.07. The number of halogens is 3. The summed E-state index contributed by atoms with van der Waals surface area (Å²) in [6.45, 7) is 1.83. The van der Waals surface area contributed by atoms with E-state index in [9.17, 15) is 24.3 Å². The average molecular weight is 574 g/mol. The van der Waals surface area contributed by atoms with Gasteiger partial charge in [-0.2, -0.15) is 0 Å². The van der Waals surface area contributed by atoms with E-state index in [2.05, 4.69) is 0 Å². The molecule has 196 valence electrons. The van der Waals surface area contributed by atoms with Crippen LogP contribution < -0.4 is 4.90 Å². The quantitative estimate of drug-likeness (QED) is 0.323. The smallest absolute Gasteiger partial charge is 0.253 e. The van der Waals surface area contributed by atoms with Crippen molar-refractivity contribution in [3.8, 4) is 5.75 Å². The lowest BCUT2D eigenvalue weighted by molar-refractivity contribution is -0.138. The van der Waals surface area contributed by atoms with Crippen LogP contribution in [0.4, 0.5) is 5.69 Å². The first kappa shape index (κ1) is 25.4. The molecule has 0 spiro atoms. The molecule has 4 aliphatic rings. The maximum atomic E-state index is 13.9. The van der Waals surface area contributed by atoms with E-state index < -0.39 is 51.1 Å². The number of fused-ring (bicyclic) bond motifs is 4. The van der Waals surface area contributed by atoms with Crippen LogP contribution in [0.15, 0.2) is 54.1 Å². The summed E-state index contributed by atoms with van der Waals surface area (Å²) >= 11 is 20.5. The second kappa shape index (κ2) is 8.31. The van der Waals surface area contributed by atoms with Gasteiger partial charge in [-0.15, -0.1) is 23.2 Å². The highest BCUT2D eigenvalue weighted by Gasteiger charge is 2.75. The van der Waals surface area contributed by atoms with Gasteiger partial charge in [0.05, 0.1) is 17.5 Å². The Morgan fingerprint density at radius 1 is 0.947 bits per heavy atom. The SMILES string of the molecule is Cc1ccc(N2C(=O)[C@H]3[C@H](CC=C4[C@H]3C[C@@]3(Cl)C(=O)N(C)C(=O)[C@@]3(Cl)[C@H]4c3ccc(O)cc3)C2=O)cc1Cl. The number of hydrogen-bond acceptors (Lipinski definition) is 5. The minimum absolute atomic E-state index is 0.0227. The van der Waals surface area contributed by atoms with Crippen LogP contribution in [0, 0.1) is 24.7 Å². The molecule has 7 nitrogen and oxygen atoms in total. The number of aryl methyl sites for hydroxylation is 1. The zero-order valence-corrected chi connectivity index (χ0v) is 22.7. The van der Waals surface area contributed by atoms with Crippen molar-refractivity contribution >= 4 is 64.1 Å². The molecule has 1 saturated carbocycles. The van der Waals surface area contributed by atoms with Crippen LogP contribution in [-0.4, -0.2) is 50.4 Å². The van der Waals surface area contributed by atoms with E-state index in [4.69, 9.17) is 34.8 Å². The topological polar surface area (TPSA) is 95.0 Å². The summed E-state index contributed by atoms with van der Waals surface area (Å²) in [7, 11) is 1.35. The van der Waals surface area contributed by atoms with Gasteiger partial charge in [0.15, 0.2) is 9.75 Å². The summed E-state index contributed by atoms with van der Waals surface area (Å²) in [5.41, 5.74) is 2.48.